The molecule has 1 aromatic heterocycles. The van der Waals surface area contributed by atoms with Crippen LogP contribution in [0.1, 0.15) is 12.5 Å². The number of nitrogens with one attached hydrogen (secondary N) is 2. The molecule has 0 spiro atoms. The van der Waals surface area contributed by atoms with Crippen LogP contribution in [0, 0.1) is 0 Å². The quantitative estimate of drug-likeness (QED) is 0.584. The van der Waals surface area contributed by atoms with E-state index in [0.29, 0.717) is 17.5 Å². The maximum absolute atomic E-state index is 12.3. The minimum absolute atomic E-state index is 0.0215. The Kier molecular flexibility index (Phi) is 6.49. The van der Waals surface area contributed by atoms with E-state index in [1.807, 2.05) is 49.4 Å². The Labute approximate surface area is 162 Å². The minimum atomic E-state index is -0.278. The largest absolute Gasteiger partial charge is 0.497 e. The zero-order chi connectivity index (χ0) is 19.1. The van der Waals surface area contributed by atoms with Crippen molar-refractivity contribution in [2.75, 3.05) is 13.7 Å². The number of carbonyl (C=O) groups excluding carboxylic acids is 1. The lowest BCUT2D eigenvalue weighted by molar-refractivity contribution is -0.120. The van der Waals surface area contributed by atoms with E-state index in [1.165, 1.54) is 17.3 Å². The Morgan fingerprint density at radius 3 is 2.63 bits per heavy atom. The molecule has 27 heavy (non-hydrogen) atoms. The molecule has 0 aliphatic heterocycles. The van der Waals surface area contributed by atoms with Crippen LogP contribution in [0.15, 0.2) is 59.8 Å². The first-order valence-corrected chi connectivity index (χ1v) is 9.59. The first-order chi connectivity index (χ1) is 13.2. The van der Waals surface area contributed by atoms with Crippen molar-refractivity contribution >= 4 is 17.7 Å². The molecule has 0 saturated carbocycles. The fourth-order valence-electron chi connectivity index (χ4n) is 2.51. The predicted molar refractivity (Wildman–Crippen MR) is 107 cm³/mol. The van der Waals surface area contributed by atoms with Gasteiger partial charge < -0.3 is 10.1 Å². The maximum atomic E-state index is 12.3. The second-order valence-electron chi connectivity index (χ2n) is 5.98. The summed E-state index contributed by atoms with van der Waals surface area (Å²) >= 11 is 1.33. The van der Waals surface area contributed by atoms with Crippen LogP contribution in [0.5, 0.6) is 5.75 Å². The van der Waals surface area contributed by atoms with Gasteiger partial charge in [-0.15, -0.1) is 5.10 Å². The Bertz CT molecular complexity index is 865. The summed E-state index contributed by atoms with van der Waals surface area (Å²) in [5, 5.41) is 10.3. The van der Waals surface area contributed by atoms with Crippen molar-refractivity contribution in [3.63, 3.8) is 0 Å². The molecule has 0 aliphatic carbocycles. The highest BCUT2D eigenvalue weighted by molar-refractivity contribution is 8.00. The van der Waals surface area contributed by atoms with Crippen molar-refractivity contribution in [1.29, 1.82) is 0 Å². The number of thioether (sulfide) groups is 1. The summed E-state index contributed by atoms with van der Waals surface area (Å²) in [6, 6.07) is 17.6. The molecule has 140 valence electrons. The van der Waals surface area contributed by atoms with E-state index >= 15 is 0 Å². The van der Waals surface area contributed by atoms with Gasteiger partial charge in [0.05, 0.1) is 12.4 Å². The van der Waals surface area contributed by atoms with Crippen LogP contribution in [0.3, 0.4) is 0 Å². The summed E-state index contributed by atoms with van der Waals surface area (Å²) < 4.78 is 5.15. The molecule has 3 rings (SSSR count). The number of aromatic nitrogens is 3. The molecule has 6 nitrogen and oxygen atoms in total. The Morgan fingerprint density at radius 2 is 1.93 bits per heavy atom. The number of carbonyl (C=O) groups is 1. The Morgan fingerprint density at radius 1 is 1.19 bits per heavy atom. The van der Waals surface area contributed by atoms with Gasteiger partial charge in [0.2, 0.25) is 11.1 Å². The van der Waals surface area contributed by atoms with Crippen LogP contribution in [0.4, 0.5) is 0 Å². The predicted octanol–water partition coefficient (Wildman–Crippen LogP) is 3.32. The van der Waals surface area contributed by atoms with Crippen LogP contribution in [-0.4, -0.2) is 40.0 Å². The minimum Gasteiger partial charge on any atom is -0.497 e. The van der Waals surface area contributed by atoms with E-state index in [1.54, 1.807) is 7.11 Å². The highest BCUT2D eigenvalue weighted by Crippen LogP contribution is 2.24. The second-order valence-corrected chi connectivity index (χ2v) is 7.29. The number of amides is 1. The van der Waals surface area contributed by atoms with Crippen LogP contribution in [0.2, 0.25) is 0 Å². The SMILES string of the molecule is COc1ccc(-c2nc(S[C@@H](C)C(=O)NCCc3ccccc3)n[nH]2)cc1. The van der Waals surface area contributed by atoms with E-state index in [4.69, 9.17) is 4.74 Å². The highest BCUT2D eigenvalue weighted by atomic mass is 32.2. The van der Waals surface area contributed by atoms with E-state index in [0.717, 1.165) is 17.7 Å². The number of nitrogens with zero attached hydrogens (tertiary/aromatic N) is 2. The summed E-state index contributed by atoms with van der Waals surface area (Å²) in [5.74, 6) is 1.43. The molecule has 0 radical (unpaired) electrons. The molecular weight excluding hydrogens is 360 g/mol. The zero-order valence-electron chi connectivity index (χ0n) is 15.3. The van der Waals surface area contributed by atoms with Crippen LogP contribution in [0.25, 0.3) is 11.4 Å². The highest BCUT2D eigenvalue weighted by Gasteiger charge is 2.17. The molecule has 0 bridgehead atoms. The fourth-order valence-corrected chi connectivity index (χ4v) is 3.26. The topological polar surface area (TPSA) is 79.9 Å². The number of rotatable bonds is 8. The standard InChI is InChI=1S/C20H22N4O2S/c1-14(19(25)21-13-12-15-6-4-3-5-7-15)27-20-22-18(23-24-20)16-8-10-17(26-2)11-9-16/h3-11,14H,12-13H2,1-2H3,(H,21,25)(H,22,23,24)/t14-/m0/s1. The van der Waals surface area contributed by atoms with Crippen LogP contribution < -0.4 is 10.1 Å². The third kappa shape index (κ3) is 5.34. The Balaban J connectivity index is 1.50. The molecule has 2 aromatic carbocycles. The van der Waals surface area contributed by atoms with Gasteiger partial charge in [0.25, 0.3) is 0 Å². The van der Waals surface area contributed by atoms with Crippen molar-refractivity contribution in [2.24, 2.45) is 0 Å². The normalized spacial score (nSPS) is 11.8. The van der Waals surface area contributed by atoms with Gasteiger partial charge in [-0.3, -0.25) is 9.89 Å². The van der Waals surface area contributed by atoms with Gasteiger partial charge in [-0.05, 0) is 43.2 Å². The van der Waals surface area contributed by atoms with Crippen molar-refractivity contribution in [2.45, 2.75) is 23.8 Å². The molecule has 0 fully saturated rings. The first-order valence-electron chi connectivity index (χ1n) is 8.71. The summed E-state index contributed by atoms with van der Waals surface area (Å²) in [5.41, 5.74) is 2.12. The number of aromatic amines is 1. The number of methoxy groups -OCH3 is 1. The van der Waals surface area contributed by atoms with E-state index < -0.39 is 0 Å². The lowest BCUT2D eigenvalue weighted by atomic mass is 10.1. The van der Waals surface area contributed by atoms with Crippen molar-refractivity contribution in [3.05, 3.63) is 60.2 Å². The van der Waals surface area contributed by atoms with Gasteiger partial charge in [-0.1, -0.05) is 42.1 Å². The number of benzene rings is 2. The second kappa shape index (κ2) is 9.23. The number of ether oxygens (including phenoxy) is 1. The fraction of sp³-hybridized carbons (Fsp3) is 0.250. The van der Waals surface area contributed by atoms with Crippen LogP contribution in [-0.2, 0) is 11.2 Å². The maximum Gasteiger partial charge on any atom is 0.233 e. The smallest absolute Gasteiger partial charge is 0.233 e. The van der Waals surface area contributed by atoms with E-state index in [-0.39, 0.29) is 11.2 Å². The summed E-state index contributed by atoms with van der Waals surface area (Å²) in [7, 11) is 1.63. The number of H-pyrrole nitrogens is 1. The van der Waals surface area contributed by atoms with Gasteiger partial charge in [0.1, 0.15) is 5.75 Å². The van der Waals surface area contributed by atoms with E-state index in [9.17, 15) is 4.79 Å². The van der Waals surface area contributed by atoms with Gasteiger partial charge >= 0.3 is 0 Å². The average Bonchev–Trinajstić information content (AvgIpc) is 3.17. The monoisotopic (exact) mass is 382 g/mol. The van der Waals surface area contributed by atoms with Crippen molar-refractivity contribution in [3.8, 4) is 17.1 Å². The molecule has 7 heteroatoms. The summed E-state index contributed by atoms with van der Waals surface area (Å²) in [4.78, 5) is 16.7. The summed E-state index contributed by atoms with van der Waals surface area (Å²) in [6.45, 7) is 2.46. The number of hydrogen-bond acceptors (Lipinski definition) is 5. The lowest BCUT2D eigenvalue weighted by Gasteiger charge is -2.10. The molecule has 1 amide bonds. The number of hydrogen-bond donors (Lipinski definition) is 2. The van der Waals surface area contributed by atoms with Crippen LogP contribution >= 0.6 is 11.8 Å². The third-order valence-electron chi connectivity index (χ3n) is 4.04. The van der Waals surface area contributed by atoms with Crippen molar-refractivity contribution in [1.82, 2.24) is 20.5 Å². The first kappa shape index (κ1) is 19.0. The molecule has 0 aliphatic rings. The molecule has 0 unspecified atom stereocenters. The van der Waals surface area contributed by atoms with E-state index in [2.05, 4.69) is 32.6 Å². The zero-order valence-corrected chi connectivity index (χ0v) is 16.1. The Hall–Kier alpha value is -2.80. The third-order valence-corrected chi connectivity index (χ3v) is 5.00. The van der Waals surface area contributed by atoms with Gasteiger partial charge in [-0.25, -0.2) is 4.98 Å². The molecule has 0 saturated heterocycles. The summed E-state index contributed by atoms with van der Waals surface area (Å²) in [6.07, 6.45) is 0.812. The molecule has 1 heterocycles. The molecule has 3 aromatic rings. The van der Waals surface area contributed by atoms with Gasteiger partial charge in [0.15, 0.2) is 5.82 Å². The van der Waals surface area contributed by atoms with Crippen molar-refractivity contribution < 1.29 is 9.53 Å². The molecular formula is C20H22N4O2S. The average molecular weight is 382 g/mol. The lowest BCUT2D eigenvalue weighted by Crippen LogP contribution is -2.32. The van der Waals surface area contributed by atoms with Gasteiger partial charge in [0, 0.05) is 12.1 Å². The van der Waals surface area contributed by atoms with Gasteiger partial charge in [-0.2, -0.15) is 0 Å². The molecule has 2 N–H and O–H groups in total. The molecule has 1 atom stereocenters.